The maximum Gasteiger partial charge on any atom is 0.199 e. The van der Waals surface area contributed by atoms with Gasteiger partial charge in [-0.15, -0.1) is 0 Å². The van der Waals surface area contributed by atoms with Crippen LogP contribution in [0.5, 0.6) is 0 Å². The Morgan fingerprint density at radius 2 is 1.97 bits per heavy atom. The van der Waals surface area contributed by atoms with Crippen molar-refractivity contribution in [1.29, 1.82) is 0 Å². The second kappa shape index (κ2) is 8.02. The Labute approximate surface area is 184 Å². The number of aromatic nitrogens is 4. The summed E-state index contributed by atoms with van der Waals surface area (Å²) in [6.07, 6.45) is 2.15. The maximum absolute atomic E-state index is 6.22. The number of aryl methyl sites for hydroxylation is 1. The molecule has 2 aromatic carbocycles. The van der Waals surface area contributed by atoms with Gasteiger partial charge in [0.25, 0.3) is 0 Å². The molecule has 1 aliphatic rings. The molecule has 0 bridgehead atoms. The van der Waals surface area contributed by atoms with Crippen molar-refractivity contribution in [3.8, 4) is 11.4 Å². The Hall–Kier alpha value is -2.41. The largest absolute Gasteiger partial charge is 0.440 e. The van der Waals surface area contributed by atoms with Crippen LogP contribution in [0, 0.1) is 6.92 Å². The number of rotatable bonds is 4. The summed E-state index contributed by atoms with van der Waals surface area (Å²) in [7, 11) is 0. The number of hydrogen-bond donors (Lipinski definition) is 0. The number of fused-ring (bicyclic) bond motifs is 1. The molecular formula is C22H21Cl2N5O. The molecule has 1 unspecified atom stereocenters. The van der Waals surface area contributed by atoms with Crippen LogP contribution in [0.1, 0.15) is 30.5 Å². The van der Waals surface area contributed by atoms with Crippen molar-refractivity contribution < 1.29 is 4.42 Å². The van der Waals surface area contributed by atoms with Gasteiger partial charge < -0.3 is 4.42 Å². The van der Waals surface area contributed by atoms with E-state index >= 15 is 0 Å². The number of likely N-dealkylation sites (tertiary alicyclic amines) is 1. The molecule has 1 aliphatic heterocycles. The smallest absolute Gasteiger partial charge is 0.199 e. The average molecular weight is 442 g/mol. The Bertz CT molecular complexity index is 1170. The molecular weight excluding hydrogens is 421 g/mol. The van der Waals surface area contributed by atoms with Gasteiger partial charge in [-0.3, -0.25) is 4.90 Å². The minimum absolute atomic E-state index is 0.268. The zero-order valence-corrected chi connectivity index (χ0v) is 18.1. The van der Waals surface area contributed by atoms with Crippen molar-refractivity contribution in [1.82, 2.24) is 24.6 Å². The lowest BCUT2D eigenvalue weighted by Gasteiger charge is -2.31. The van der Waals surface area contributed by atoms with Crippen molar-refractivity contribution in [3.05, 3.63) is 64.2 Å². The number of piperidine rings is 1. The van der Waals surface area contributed by atoms with E-state index in [2.05, 4.69) is 15.0 Å². The number of hydrogen-bond acceptors (Lipinski definition) is 5. The summed E-state index contributed by atoms with van der Waals surface area (Å²) in [6, 6.07) is 13.5. The fourth-order valence-electron chi connectivity index (χ4n) is 4.04. The summed E-state index contributed by atoms with van der Waals surface area (Å²) in [5.74, 6) is 2.60. The van der Waals surface area contributed by atoms with E-state index in [-0.39, 0.29) is 5.92 Å². The molecule has 154 valence electrons. The predicted molar refractivity (Wildman–Crippen MR) is 118 cm³/mol. The minimum atomic E-state index is 0.268. The summed E-state index contributed by atoms with van der Waals surface area (Å²) in [4.78, 5) is 11.7. The van der Waals surface area contributed by atoms with Gasteiger partial charge in [-0.1, -0.05) is 35.3 Å². The van der Waals surface area contributed by atoms with E-state index in [0.717, 1.165) is 60.1 Å². The van der Waals surface area contributed by atoms with Gasteiger partial charge in [0.05, 0.1) is 16.7 Å². The highest BCUT2D eigenvalue weighted by Crippen LogP contribution is 2.31. The van der Waals surface area contributed by atoms with Crippen molar-refractivity contribution in [2.45, 2.75) is 32.4 Å². The number of benzene rings is 2. The summed E-state index contributed by atoms with van der Waals surface area (Å²) in [5, 5.41) is 5.65. The molecule has 0 saturated carbocycles. The highest BCUT2D eigenvalue weighted by molar-refractivity contribution is 6.42. The Morgan fingerprint density at radius 3 is 2.80 bits per heavy atom. The van der Waals surface area contributed by atoms with Crippen LogP contribution in [-0.4, -0.2) is 37.7 Å². The first kappa shape index (κ1) is 19.5. The third kappa shape index (κ3) is 3.83. The predicted octanol–water partition coefficient (Wildman–Crippen LogP) is 5.54. The van der Waals surface area contributed by atoms with Gasteiger partial charge in [-0.25, -0.2) is 14.6 Å². The van der Waals surface area contributed by atoms with Crippen LogP contribution in [0.25, 0.3) is 22.5 Å². The van der Waals surface area contributed by atoms with Crippen LogP contribution in [0.3, 0.4) is 0 Å². The molecule has 0 aliphatic carbocycles. The zero-order chi connectivity index (χ0) is 20.7. The van der Waals surface area contributed by atoms with Crippen molar-refractivity contribution >= 4 is 34.3 Å². The molecule has 0 radical (unpaired) electrons. The Kier molecular flexibility index (Phi) is 5.23. The van der Waals surface area contributed by atoms with Gasteiger partial charge >= 0.3 is 0 Å². The third-order valence-corrected chi connectivity index (χ3v) is 6.19. The zero-order valence-electron chi connectivity index (χ0n) is 16.6. The molecule has 0 N–H and O–H groups in total. The maximum atomic E-state index is 6.22. The van der Waals surface area contributed by atoms with Crippen LogP contribution in [0.2, 0.25) is 10.0 Å². The van der Waals surface area contributed by atoms with Gasteiger partial charge in [-0.2, -0.15) is 5.10 Å². The summed E-state index contributed by atoms with van der Waals surface area (Å²) >= 11 is 12.3. The van der Waals surface area contributed by atoms with E-state index in [1.54, 1.807) is 6.07 Å². The summed E-state index contributed by atoms with van der Waals surface area (Å²) in [6.45, 7) is 4.41. The number of nitrogens with zero attached hydrogens (tertiary/aromatic N) is 5. The van der Waals surface area contributed by atoms with E-state index in [0.29, 0.717) is 16.7 Å². The van der Waals surface area contributed by atoms with E-state index in [1.807, 2.05) is 48.0 Å². The fourth-order valence-corrected chi connectivity index (χ4v) is 4.34. The lowest BCUT2D eigenvalue weighted by atomic mass is 9.98. The normalized spacial score (nSPS) is 17.6. The second-order valence-corrected chi connectivity index (χ2v) is 8.50. The lowest BCUT2D eigenvalue weighted by molar-refractivity contribution is 0.149. The van der Waals surface area contributed by atoms with Crippen LogP contribution in [-0.2, 0) is 6.67 Å². The summed E-state index contributed by atoms with van der Waals surface area (Å²) < 4.78 is 7.96. The molecule has 0 amide bonds. The molecule has 1 saturated heterocycles. The van der Waals surface area contributed by atoms with Gasteiger partial charge in [0.15, 0.2) is 17.3 Å². The highest BCUT2D eigenvalue weighted by atomic mass is 35.5. The first-order chi connectivity index (χ1) is 14.6. The molecule has 5 rings (SSSR count). The van der Waals surface area contributed by atoms with Crippen LogP contribution >= 0.6 is 23.2 Å². The number of oxazole rings is 1. The molecule has 1 atom stereocenters. The van der Waals surface area contributed by atoms with Gasteiger partial charge in [0.1, 0.15) is 11.3 Å². The first-order valence-electron chi connectivity index (χ1n) is 10.0. The highest BCUT2D eigenvalue weighted by Gasteiger charge is 2.26. The molecule has 0 spiro atoms. The van der Waals surface area contributed by atoms with Crippen LogP contribution < -0.4 is 0 Å². The van der Waals surface area contributed by atoms with E-state index in [4.69, 9.17) is 32.6 Å². The number of para-hydroxylation sites is 2. The number of halogens is 2. The summed E-state index contributed by atoms with van der Waals surface area (Å²) in [5.41, 5.74) is 2.66. The SMILES string of the molecule is Cc1nc(-c2ccc(Cl)c(Cl)c2)n(CN2CCCC(c3nc4ccccc4o3)C2)n1. The Balaban J connectivity index is 1.37. The minimum Gasteiger partial charge on any atom is -0.440 e. The van der Waals surface area contributed by atoms with E-state index < -0.39 is 0 Å². The lowest BCUT2D eigenvalue weighted by Crippen LogP contribution is -2.36. The topological polar surface area (TPSA) is 60.0 Å². The molecule has 3 heterocycles. The average Bonchev–Trinajstić information content (AvgIpc) is 3.33. The Morgan fingerprint density at radius 1 is 1.10 bits per heavy atom. The standard InChI is InChI=1S/C22H21Cl2N5O/c1-14-25-21(15-8-9-17(23)18(24)11-15)29(27-14)13-28-10-4-5-16(12-28)22-26-19-6-2-3-7-20(19)30-22/h2-3,6-9,11,16H,4-5,10,12-13H2,1H3. The molecule has 8 heteroatoms. The van der Waals surface area contributed by atoms with Crippen molar-refractivity contribution in [3.63, 3.8) is 0 Å². The fraction of sp³-hybridized carbons (Fsp3) is 0.318. The van der Waals surface area contributed by atoms with Crippen molar-refractivity contribution in [2.75, 3.05) is 13.1 Å². The monoisotopic (exact) mass is 441 g/mol. The molecule has 1 fully saturated rings. The second-order valence-electron chi connectivity index (χ2n) is 7.69. The molecule has 4 aromatic rings. The van der Waals surface area contributed by atoms with Gasteiger partial charge in [0, 0.05) is 18.0 Å². The van der Waals surface area contributed by atoms with E-state index in [9.17, 15) is 0 Å². The molecule has 6 nitrogen and oxygen atoms in total. The quantitative estimate of drug-likeness (QED) is 0.416. The van der Waals surface area contributed by atoms with E-state index in [1.165, 1.54) is 0 Å². The third-order valence-electron chi connectivity index (χ3n) is 5.45. The van der Waals surface area contributed by atoms with Crippen LogP contribution in [0.4, 0.5) is 0 Å². The van der Waals surface area contributed by atoms with Gasteiger partial charge in [0.2, 0.25) is 0 Å². The molecule has 30 heavy (non-hydrogen) atoms. The van der Waals surface area contributed by atoms with Crippen LogP contribution in [0.15, 0.2) is 46.9 Å². The first-order valence-corrected chi connectivity index (χ1v) is 10.8. The van der Waals surface area contributed by atoms with Crippen molar-refractivity contribution in [2.24, 2.45) is 0 Å². The van der Waals surface area contributed by atoms with Gasteiger partial charge in [-0.05, 0) is 56.6 Å². The molecule has 2 aromatic heterocycles.